The second-order valence-electron chi connectivity index (χ2n) is 4.63. The number of hydrogen-bond acceptors (Lipinski definition) is 4. The van der Waals surface area contributed by atoms with Crippen molar-refractivity contribution in [1.29, 1.82) is 0 Å². The van der Waals surface area contributed by atoms with E-state index in [0.717, 1.165) is 4.88 Å². The molecule has 2 rings (SSSR count). The number of hydrogen-bond donors (Lipinski definition) is 2. The summed E-state index contributed by atoms with van der Waals surface area (Å²) in [6.45, 7) is 1.83. The zero-order valence-corrected chi connectivity index (χ0v) is 12.2. The normalized spacial score (nSPS) is 13.6. The van der Waals surface area contributed by atoms with Gasteiger partial charge in [-0.25, -0.2) is 0 Å². The van der Waals surface area contributed by atoms with Crippen LogP contribution in [0, 0.1) is 0 Å². The molecule has 0 unspecified atom stereocenters. The average molecular weight is 291 g/mol. The molecule has 1 aromatic heterocycles. The first-order valence-corrected chi connectivity index (χ1v) is 7.10. The summed E-state index contributed by atoms with van der Waals surface area (Å²) in [4.78, 5) is 13.0. The van der Waals surface area contributed by atoms with Crippen LogP contribution in [0.5, 0.6) is 5.75 Å². The summed E-state index contributed by atoms with van der Waals surface area (Å²) in [7, 11) is 1.52. The number of methoxy groups -OCH3 is 1. The smallest absolute Gasteiger partial charge is 0.255 e. The number of carbonyl (C=O) groups is 1. The third kappa shape index (κ3) is 3.18. The molecule has 0 saturated carbocycles. The highest BCUT2D eigenvalue weighted by molar-refractivity contribution is 7.10. The van der Waals surface area contributed by atoms with Crippen LogP contribution in [0.15, 0.2) is 41.8 Å². The summed E-state index contributed by atoms with van der Waals surface area (Å²) in [5.74, 6) is 0.250. The Morgan fingerprint density at radius 1 is 1.35 bits per heavy atom. The topological polar surface area (TPSA) is 58.6 Å². The third-order valence-electron chi connectivity index (χ3n) is 3.00. The zero-order chi connectivity index (χ0) is 14.6. The molecule has 0 spiro atoms. The van der Waals surface area contributed by atoms with Gasteiger partial charge in [-0.15, -0.1) is 11.3 Å². The second kappa shape index (κ2) is 6.07. The minimum atomic E-state index is -1.08. The fraction of sp³-hybridized carbons (Fsp3) is 0.267. The van der Waals surface area contributed by atoms with E-state index in [0.29, 0.717) is 11.3 Å². The minimum Gasteiger partial charge on any atom is -0.496 e. The largest absolute Gasteiger partial charge is 0.496 e. The molecule has 1 heterocycles. The number of amides is 1. The molecule has 1 atom stereocenters. The average Bonchev–Trinajstić information content (AvgIpc) is 3.00. The van der Waals surface area contributed by atoms with Gasteiger partial charge < -0.3 is 15.2 Å². The van der Waals surface area contributed by atoms with E-state index in [2.05, 4.69) is 5.32 Å². The Bertz CT molecular complexity index is 579. The Hall–Kier alpha value is -1.85. The van der Waals surface area contributed by atoms with Crippen LogP contribution in [-0.2, 0) is 5.60 Å². The van der Waals surface area contributed by atoms with Crippen LogP contribution >= 0.6 is 11.3 Å². The fourth-order valence-corrected chi connectivity index (χ4v) is 2.64. The lowest BCUT2D eigenvalue weighted by Gasteiger charge is -2.22. The molecule has 0 fully saturated rings. The highest BCUT2D eigenvalue weighted by Crippen LogP contribution is 2.25. The SMILES string of the molecule is COc1ccccc1C(=O)NC[C@@](C)(O)c1cccs1. The van der Waals surface area contributed by atoms with Crippen LogP contribution in [0.4, 0.5) is 0 Å². The first-order valence-electron chi connectivity index (χ1n) is 6.22. The van der Waals surface area contributed by atoms with E-state index >= 15 is 0 Å². The van der Waals surface area contributed by atoms with Crippen molar-refractivity contribution in [2.24, 2.45) is 0 Å². The summed E-state index contributed by atoms with van der Waals surface area (Å²) in [5.41, 5.74) is -0.622. The van der Waals surface area contributed by atoms with Gasteiger partial charge in [-0.2, -0.15) is 0 Å². The van der Waals surface area contributed by atoms with Crippen molar-refractivity contribution in [3.63, 3.8) is 0 Å². The number of thiophene rings is 1. The highest BCUT2D eigenvalue weighted by Gasteiger charge is 2.25. The Morgan fingerprint density at radius 2 is 2.10 bits per heavy atom. The molecule has 0 aliphatic rings. The highest BCUT2D eigenvalue weighted by atomic mass is 32.1. The van der Waals surface area contributed by atoms with Gasteiger partial charge in [0.1, 0.15) is 11.4 Å². The number of nitrogens with one attached hydrogen (secondary N) is 1. The van der Waals surface area contributed by atoms with Crippen molar-refractivity contribution in [2.75, 3.05) is 13.7 Å². The molecule has 0 radical (unpaired) electrons. The Morgan fingerprint density at radius 3 is 2.75 bits per heavy atom. The second-order valence-corrected chi connectivity index (χ2v) is 5.58. The van der Waals surface area contributed by atoms with Crippen LogP contribution in [0.25, 0.3) is 0 Å². The van der Waals surface area contributed by atoms with Crippen LogP contribution in [0.3, 0.4) is 0 Å². The molecule has 1 amide bonds. The van der Waals surface area contributed by atoms with Gasteiger partial charge >= 0.3 is 0 Å². The van der Waals surface area contributed by atoms with E-state index in [-0.39, 0.29) is 12.5 Å². The maximum atomic E-state index is 12.1. The summed E-state index contributed by atoms with van der Waals surface area (Å²) in [5, 5.41) is 15.0. The first-order chi connectivity index (χ1) is 9.54. The molecule has 0 saturated heterocycles. The van der Waals surface area contributed by atoms with Gasteiger partial charge in [0, 0.05) is 4.88 Å². The summed E-state index contributed by atoms with van der Waals surface area (Å²) in [6, 6.07) is 10.7. The van der Waals surface area contributed by atoms with E-state index in [4.69, 9.17) is 4.74 Å². The number of ether oxygens (including phenoxy) is 1. The summed E-state index contributed by atoms with van der Waals surface area (Å²) < 4.78 is 5.15. The molecule has 0 aliphatic carbocycles. The molecule has 20 heavy (non-hydrogen) atoms. The van der Waals surface area contributed by atoms with Crippen LogP contribution in [0.1, 0.15) is 22.2 Å². The van der Waals surface area contributed by atoms with Crippen LogP contribution in [-0.4, -0.2) is 24.7 Å². The quantitative estimate of drug-likeness (QED) is 0.889. The van der Waals surface area contributed by atoms with E-state index in [9.17, 15) is 9.90 Å². The maximum Gasteiger partial charge on any atom is 0.255 e. The van der Waals surface area contributed by atoms with Gasteiger partial charge in [0.25, 0.3) is 5.91 Å². The van der Waals surface area contributed by atoms with Gasteiger partial charge in [0.05, 0.1) is 19.2 Å². The Balaban J connectivity index is 2.06. The van der Waals surface area contributed by atoms with E-state index in [1.807, 2.05) is 17.5 Å². The number of aliphatic hydroxyl groups is 1. The molecule has 1 aromatic carbocycles. The van der Waals surface area contributed by atoms with Crippen molar-refractivity contribution in [3.05, 3.63) is 52.2 Å². The van der Waals surface area contributed by atoms with Crippen LogP contribution < -0.4 is 10.1 Å². The van der Waals surface area contributed by atoms with Gasteiger partial charge in [-0.1, -0.05) is 18.2 Å². The monoisotopic (exact) mass is 291 g/mol. The Kier molecular flexibility index (Phi) is 4.42. The van der Waals surface area contributed by atoms with Gasteiger partial charge in [-0.3, -0.25) is 4.79 Å². The Labute approximate surface area is 122 Å². The lowest BCUT2D eigenvalue weighted by molar-refractivity contribution is 0.0556. The number of rotatable bonds is 5. The van der Waals surface area contributed by atoms with Crippen LogP contribution in [0.2, 0.25) is 0 Å². The van der Waals surface area contributed by atoms with Crippen molar-refractivity contribution in [1.82, 2.24) is 5.32 Å². The fourth-order valence-electron chi connectivity index (χ4n) is 1.85. The van der Waals surface area contributed by atoms with Gasteiger partial charge in [0.2, 0.25) is 0 Å². The van der Waals surface area contributed by atoms with E-state index < -0.39 is 5.60 Å². The van der Waals surface area contributed by atoms with E-state index in [1.165, 1.54) is 18.4 Å². The van der Waals surface area contributed by atoms with Crippen molar-refractivity contribution >= 4 is 17.2 Å². The van der Waals surface area contributed by atoms with Crippen molar-refractivity contribution in [2.45, 2.75) is 12.5 Å². The molecule has 106 valence electrons. The molecular formula is C15H17NO3S. The lowest BCUT2D eigenvalue weighted by atomic mass is 10.0. The molecule has 4 nitrogen and oxygen atoms in total. The standard InChI is InChI=1S/C15H17NO3S/c1-15(18,13-8-5-9-20-13)10-16-14(17)11-6-3-4-7-12(11)19-2/h3-9,18H,10H2,1-2H3,(H,16,17)/t15-/m1/s1. The van der Waals surface area contributed by atoms with Crippen molar-refractivity contribution in [3.8, 4) is 5.75 Å². The van der Waals surface area contributed by atoms with Crippen molar-refractivity contribution < 1.29 is 14.6 Å². The van der Waals surface area contributed by atoms with E-state index in [1.54, 1.807) is 31.2 Å². The molecule has 0 aliphatic heterocycles. The van der Waals surface area contributed by atoms with Gasteiger partial charge in [-0.05, 0) is 30.5 Å². The molecular weight excluding hydrogens is 274 g/mol. The minimum absolute atomic E-state index is 0.143. The maximum absolute atomic E-state index is 12.1. The number of para-hydroxylation sites is 1. The lowest BCUT2D eigenvalue weighted by Crippen LogP contribution is -2.38. The number of benzene rings is 1. The summed E-state index contributed by atoms with van der Waals surface area (Å²) >= 11 is 1.46. The zero-order valence-electron chi connectivity index (χ0n) is 11.4. The van der Waals surface area contributed by atoms with Gasteiger partial charge in [0.15, 0.2) is 0 Å². The predicted molar refractivity (Wildman–Crippen MR) is 79.2 cm³/mol. The summed E-state index contributed by atoms with van der Waals surface area (Å²) in [6.07, 6.45) is 0. The molecule has 2 N–H and O–H groups in total. The molecule has 0 bridgehead atoms. The molecule has 5 heteroatoms. The number of carbonyl (C=O) groups excluding carboxylic acids is 1. The predicted octanol–water partition coefficient (Wildman–Crippen LogP) is 2.39. The molecule has 2 aromatic rings. The first kappa shape index (κ1) is 14.6. The third-order valence-corrected chi connectivity index (χ3v) is 4.12.